The lowest BCUT2D eigenvalue weighted by atomic mass is 11.8. The monoisotopic (exact) mass is 229 g/mol. The minimum absolute atomic E-state index is 1.03. The number of halogens is 3. The highest BCUT2D eigenvalue weighted by molar-refractivity contribution is 8.10. The van der Waals surface area contributed by atoms with E-state index in [1.807, 2.05) is 0 Å². The van der Waals surface area contributed by atoms with Crippen LogP contribution >= 0.6 is 28.5 Å². The Morgan fingerprint density at radius 1 is 1.60 bits per heavy atom. The molecule has 4 nitrogen and oxygen atoms in total. The van der Waals surface area contributed by atoms with Gasteiger partial charge in [0.25, 0.3) is 5.99 Å². The predicted octanol–water partition coefficient (Wildman–Crippen LogP) is 2.27. The maximum atomic E-state index is 11.7. The third kappa shape index (κ3) is 5.44. The summed E-state index contributed by atoms with van der Waals surface area (Å²) in [5.74, 6) is -3.44. The smallest absolute Gasteiger partial charge is 0.324 e. The molecular formula is CH3Cl2FNO3PS. The molecule has 0 atom stereocenters. The van der Waals surface area contributed by atoms with Gasteiger partial charge in [-0.05, 0) is 22.5 Å². The summed E-state index contributed by atoms with van der Waals surface area (Å²) in [4.78, 5) is 0. The molecule has 62 valence electrons. The number of rotatable bonds is 2. The summed E-state index contributed by atoms with van der Waals surface area (Å²) in [6, 6.07) is 0. The van der Waals surface area contributed by atoms with Crippen LogP contribution in [0.1, 0.15) is 0 Å². The molecule has 0 bridgehead atoms. The van der Waals surface area contributed by atoms with Gasteiger partial charge < -0.3 is 4.52 Å². The van der Waals surface area contributed by atoms with Crippen molar-refractivity contribution < 1.29 is 16.8 Å². The van der Waals surface area contributed by atoms with Crippen LogP contribution in [-0.4, -0.2) is 15.5 Å². The zero-order chi connectivity index (χ0) is 8.41. The fourth-order valence-corrected chi connectivity index (χ4v) is 2.65. The second-order valence-corrected chi connectivity index (χ2v) is 7.09. The Balaban J connectivity index is 4.80. The fraction of sp³-hybridized carbons (Fsp3) is 1.00. The highest BCUT2D eigenvalue weighted by Crippen LogP contribution is 2.61. The van der Waals surface area contributed by atoms with Crippen molar-refractivity contribution in [3.8, 4) is 0 Å². The summed E-state index contributed by atoms with van der Waals surface area (Å²) < 4.78 is 37.7. The lowest BCUT2D eigenvalue weighted by molar-refractivity contribution is 0.473. The molecule has 10 heavy (non-hydrogen) atoms. The van der Waals surface area contributed by atoms with Crippen molar-refractivity contribution in [1.29, 1.82) is 0 Å². The average Bonchev–Trinajstić information content (AvgIpc) is 1.60. The molecule has 0 saturated heterocycles. The standard InChI is InChI=1S/CH3Cl2FNO3PS/c1-8-9(2,3)5-10(4,6)7/h1H3. The summed E-state index contributed by atoms with van der Waals surface area (Å²) in [7, 11) is -3.98. The first-order valence-electron chi connectivity index (χ1n) is 1.80. The molecule has 0 amide bonds. The van der Waals surface area contributed by atoms with Crippen LogP contribution < -0.4 is 0 Å². The molecular weight excluding hydrogens is 227 g/mol. The Morgan fingerprint density at radius 3 is 2.10 bits per heavy atom. The maximum Gasteiger partial charge on any atom is 0.420 e. The van der Waals surface area contributed by atoms with Gasteiger partial charge in [0.2, 0.25) is 0 Å². The topological polar surface area (TPSA) is 55.7 Å². The third-order valence-electron chi connectivity index (χ3n) is 0.412. The molecule has 0 unspecified atom stereocenters. The summed E-state index contributed by atoms with van der Waals surface area (Å²) >= 11 is 10.1. The van der Waals surface area contributed by atoms with Crippen molar-refractivity contribution in [3.05, 3.63) is 0 Å². The molecule has 0 radical (unpaired) electrons. The molecule has 0 N–H and O–H groups in total. The molecule has 0 aromatic rings. The number of nitrogens with zero attached hydrogens (tertiary/aromatic N) is 1. The molecule has 0 aliphatic heterocycles. The first-order valence-corrected chi connectivity index (χ1v) is 6.61. The zero-order valence-corrected chi connectivity index (χ0v) is 7.88. The molecule has 0 aliphatic rings. The normalized spacial score (nSPS) is 13.2. The highest BCUT2D eigenvalue weighted by Gasteiger charge is 2.16. The van der Waals surface area contributed by atoms with E-state index in [-0.39, 0.29) is 0 Å². The lowest BCUT2D eigenvalue weighted by Crippen LogP contribution is -1.81. The largest absolute Gasteiger partial charge is 0.420 e. The van der Waals surface area contributed by atoms with E-state index in [9.17, 15) is 12.3 Å². The minimum atomic E-state index is -5.01. The van der Waals surface area contributed by atoms with Gasteiger partial charge in [-0.1, -0.05) is 8.04 Å². The van der Waals surface area contributed by atoms with E-state index in [0.717, 1.165) is 7.11 Å². The average molecular weight is 230 g/mol. The van der Waals surface area contributed by atoms with Crippen LogP contribution in [0.4, 0.5) is 3.89 Å². The molecule has 0 aliphatic carbocycles. The molecule has 0 spiro atoms. The van der Waals surface area contributed by atoms with Crippen molar-refractivity contribution in [2.75, 3.05) is 7.11 Å². The molecule has 0 aromatic heterocycles. The van der Waals surface area contributed by atoms with E-state index in [1.165, 1.54) is 0 Å². The van der Waals surface area contributed by atoms with Gasteiger partial charge in [-0.2, -0.15) is 8.42 Å². The van der Waals surface area contributed by atoms with Crippen LogP contribution in [0.5, 0.6) is 0 Å². The van der Waals surface area contributed by atoms with Crippen molar-refractivity contribution in [1.82, 2.24) is 0 Å². The van der Waals surface area contributed by atoms with E-state index < -0.39 is 16.4 Å². The van der Waals surface area contributed by atoms with Gasteiger partial charge in [0.15, 0.2) is 0 Å². The van der Waals surface area contributed by atoms with Crippen LogP contribution in [0.15, 0.2) is 4.15 Å². The van der Waals surface area contributed by atoms with Gasteiger partial charge in [0.1, 0.15) is 0 Å². The Hall–Kier alpha value is 0.650. The van der Waals surface area contributed by atoms with Crippen molar-refractivity contribution in [2.24, 2.45) is 4.15 Å². The summed E-state index contributed by atoms with van der Waals surface area (Å²) in [5.41, 5.74) is 0. The van der Waals surface area contributed by atoms with Gasteiger partial charge in [-0.3, -0.25) is 0 Å². The molecule has 0 rings (SSSR count). The Labute approximate surface area is 67.3 Å². The third-order valence-corrected chi connectivity index (χ3v) is 4.33. The first-order chi connectivity index (χ1) is 4.27. The van der Waals surface area contributed by atoms with Crippen molar-refractivity contribution in [2.45, 2.75) is 0 Å². The quantitative estimate of drug-likeness (QED) is 0.540. The molecule has 0 fully saturated rings. The Morgan fingerprint density at radius 2 is 2.00 bits per heavy atom. The highest BCUT2D eigenvalue weighted by atomic mass is 35.9. The predicted molar refractivity (Wildman–Crippen MR) is 38.1 cm³/mol. The minimum Gasteiger partial charge on any atom is -0.324 e. The summed E-state index contributed by atoms with van der Waals surface area (Å²) in [6.45, 7) is 0. The van der Waals surface area contributed by atoms with Gasteiger partial charge in [-0.25, -0.2) is 0 Å². The van der Waals surface area contributed by atoms with Crippen molar-refractivity contribution in [3.63, 3.8) is 0 Å². The molecule has 0 aromatic carbocycles. The van der Waals surface area contributed by atoms with E-state index in [4.69, 9.17) is 22.5 Å². The van der Waals surface area contributed by atoms with E-state index in [1.54, 1.807) is 0 Å². The first kappa shape index (κ1) is 10.7. The lowest BCUT2D eigenvalue weighted by Gasteiger charge is -2.00. The van der Waals surface area contributed by atoms with Crippen LogP contribution in [-0.2, 0) is 14.9 Å². The van der Waals surface area contributed by atoms with E-state index in [2.05, 4.69) is 8.67 Å². The van der Waals surface area contributed by atoms with Gasteiger partial charge in [-0.15, -0.1) is 0 Å². The second kappa shape index (κ2) is 3.36. The van der Waals surface area contributed by atoms with E-state index in [0.29, 0.717) is 0 Å². The number of hydrogen-bond acceptors (Lipinski definition) is 3. The van der Waals surface area contributed by atoms with Crippen LogP contribution in [0.3, 0.4) is 0 Å². The van der Waals surface area contributed by atoms with Crippen LogP contribution in [0, 0.1) is 0 Å². The Kier molecular flexibility index (Phi) is 3.58. The molecule has 0 heterocycles. The molecule has 0 saturated carbocycles. The van der Waals surface area contributed by atoms with Gasteiger partial charge in [0.05, 0.1) is 0 Å². The summed E-state index contributed by atoms with van der Waals surface area (Å²) in [5, 5.41) is 0. The second-order valence-electron chi connectivity index (χ2n) is 1.11. The van der Waals surface area contributed by atoms with Gasteiger partial charge >= 0.3 is 10.4 Å². The van der Waals surface area contributed by atoms with Crippen molar-refractivity contribution >= 4 is 38.9 Å². The summed E-state index contributed by atoms with van der Waals surface area (Å²) in [6.07, 6.45) is 0. The zero-order valence-electron chi connectivity index (χ0n) is 4.66. The van der Waals surface area contributed by atoms with Gasteiger partial charge in [0, 0.05) is 7.11 Å². The van der Waals surface area contributed by atoms with E-state index >= 15 is 0 Å². The maximum absolute atomic E-state index is 11.7. The SMILES string of the molecule is COP(Cl)(Cl)=NS(=O)(=O)F. The fourth-order valence-electron chi connectivity index (χ4n) is 0.147. The van der Waals surface area contributed by atoms with Crippen LogP contribution in [0.25, 0.3) is 0 Å². The molecule has 9 heteroatoms. The van der Waals surface area contributed by atoms with Crippen LogP contribution in [0.2, 0.25) is 0 Å². The number of hydrogen-bond donors (Lipinski definition) is 0. The Bertz CT molecular complexity index is 256.